The van der Waals surface area contributed by atoms with Gasteiger partial charge in [0.1, 0.15) is 0 Å². The summed E-state index contributed by atoms with van der Waals surface area (Å²) in [5, 5.41) is 22.3. The molecule has 1 aromatic carbocycles. The van der Waals surface area contributed by atoms with E-state index in [-0.39, 0.29) is 25.2 Å². The van der Waals surface area contributed by atoms with Crippen molar-refractivity contribution >= 4 is 35.1 Å². The summed E-state index contributed by atoms with van der Waals surface area (Å²) in [6, 6.07) is 2.91. The molecular formula is C18H22N4O5. The predicted molar refractivity (Wildman–Crippen MR) is 99.1 cm³/mol. The van der Waals surface area contributed by atoms with E-state index >= 15 is 0 Å². The molecule has 0 saturated carbocycles. The number of nitrogens with one attached hydrogen (secondary N) is 1. The second-order valence-electron chi connectivity index (χ2n) is 6.69. The number of carboxylic acid groups (broad SMARTS) is 1. The van der Waals surface area contributed by atoms with Gasteiger partial charge in [-0.1, -0.05) is 0 Å². The number of carbonyl (C=O) groups is 3. The van der Waals surface area contributed by atoms with Gasteiger partial charge in [-0.3, -0.25) is 14.9 Å². The van der Waals surface area contributed by atoms with Gasteiger partial charge in [-0.25, -0.2) is 4.79 Å². The molecule has 0 radical (unpaired) electrons. The lowest BCUT2D eigenvalue weighted by Crippen LogP contribution is -2.73. The average molecular weight is 374 g/mol. The molecule has 0 aromatic heterocycles. The number of amidine groups is 1. The molecule has 2 aliphatic rings. The van der Waals surface area contributed by atoms with Crippen molar-refractivity contribution in [3.8, 4) is 0 Å². The van der Waals surface area contributed by atoms with E-state index in [9.17, 15) is 19.5 Å². The summed E-state index contributed by atoms with van der Waals surface area (Å²) in [6.07, 6.45) is 0.179. The van der Waals surface area contributed by atoms with Crippen LogP contribution in [0, 0.1) is 13.8 Å². The Balaban J connectivity index is 2.20. The van der Waals surface area contributed by atoms with Gasteiger partial charge in [0.25, 0.3) is 11.6 Å². The molecule has 3 N–H and O–H groups in total. The summed E-state index contributed by atoms with van der Waals surface area (Å²) >= 11 is 0. The topological polar surface area (TPSA) is 123 Å². The number of nitrogens with zero attached hydrogens (tertiary/aromatic N) is 3. The number of anilines is 2. The quantitative estimate of drug-likeness (QED) is 0.706. The van der Waals surface area contributed by atoms with E-state index in [4.69, 9.17) is 5.11 Å². The Labute approximate surface area is 156 Å². The highest BCUT2D eigenvalue weighted by molar-refractivity contribution is 6.29. The fourth-order valence-electron chi connectivity index (χ4n) is 3.50. The van der Waals surface area contributed by atoms with Gasteiger partial charge in [0.05, 0.1) is 11.4 Å². The lowest BCUT2D eigenvalue weighted by molar-refractivity contribution is -0.137. The summed E-state index contributed by atoms with van der Waals surface area (Å²) in [5.41, 5.74) is 1.14. The smallest absolute Gasteiger partial charge is 0.349 e. The molecule has 0 saturated heterocycles. The largest absolute Gasteiger partial charge is 0.481 e. The van der Waals surface area contributed by atoms with Crippen molar-refractivity contribution in [2.75, 3.05) is 22.9 Å². The minimum Gasteiger partial charge on any atom is -0.481 e. The number of imide groups is 1. The maximum Gasteiger partial charge on any atom is 0.349 e. The first-order valence-electron chi connectivity index (χ1n) is 8.75. The van der Waals surface area contributed by atoms with Crippen molar-refractivity contribution in [2.24, 2.45) is 4.99 Å². The standard InChI is InChI=1S/C18H22N4O5/c1-4-22-13-9-11(3)10(2)8-12(13)21(7-5-6-14(23)24)15-18(22,27)16(25)20-17(26)19-15/h8-9,27H,4-7H2,1-3H3,(H,23,24)(H,20,25,26)/t18-/m1/s1. The maximum absolute atomic E-state index is 12.6. The number of hydrogen-bond acceptors (Lipinski definition) is 6. The Morgan fingerprint density at radius 3 is 2.44 bits per heavy atom. The normalized spacial score (nSPS) is 21.4. The van der Waals surface area contributed by atoms with Gasteiger partial charge in [-0.15, -0.1) is 0 Å². The van der Waals surface area contributed by atoms with Crippen LogP contribution >= 0.6 is 0 Å². The van der Waals surface area contributed by atoms with E-state index in [0.29, 0.717) is 17.9 Å². The van der Waals surface area contributed by atoms with Gasteiger partial charge >= 0.3 is 12.0 Å². The first kappa shape index (κ1) is 18.8. The van der Waals surface area contributed by atoms with Crippen molar-refractivity contribution in [3.63, 3.8) is 0 Å². The summed E-state index contributed by atoms with van der Waals surface area (Å²) in [5.74, 6) is -1.91. The summed E-state index contributed by atoms with van der Waals surface area (Å²) < 4.78 is 0. The molecule has 3 rings (SSSR count). The number of hydrogen-bond donors (Lipinski definition) is 3. The highest BCUT2D eigenvalue weighted by Crippen LogP contribution is 2.42. The van der Waals surface area contributed by atoms with Crippen LogP contribution < -0.4 is 15.1 Å². The van der Waals surface area contributed by atoms with E-state index in [2.05, 4.69) is 10.3 Å². The third-order valence-corrected chi connectivity index (χ3v) is 4.96. The van der Waals surface area contributed by atoms with Crippen molar-refractivity contribution in [3.05, 3.63) is 23.3 Å². The molecule has 27 heavy (non-hydrogen) atoms. The van der Waals surface area contributed by atoms with Crippen LogP contribution in [0.4, 0.5) is 16.2 Å². The van der Waals surface area contributed by atoms with Crippen LogP contribution in [-0.2, 0) is 9.59 Å². The van der Waals surface area contributed by atoms with E-state index in [1.807, 2.05) is 26.0 Å². The minimum absolute atomic E-state index is 0.0833. The number of likely N-dealkylation sites (N-methyl/N-ethyl adjacent to an activating group) is 1. The van der Waals surface area contributed by atoms with E-state index in [1.54, 1.807) is 11.8 Å². The zero-order chi connectivity index (χ0) is 19.9. The monoisotopic (exact) mass is 374 g/mol. The third-order valence-electron chi connectivity index (χ3n) is 4.96. The lowest BCUT2D eigenvalue weighted by atomic mass is 9.96. The second kappa shape index (κ2) is 6.66. The molecule has 1 aromatic rings. The van der Waals surface area contributed by atoms with Crippen LogP contribution in [-0.4, -0.2) is 52.8 Å². The molecule has 0 fully saturated rings. The lowest BCUT2D eigenvalue weighted by Gasteiger charge is -2.49. The van der Waals surface area contributed by atoms with Gasteiger partial charge in [-0.05, 0) is 50.5 Å². The van der Waals surface area contributed by atoms with Gasteiger partial charge in [0, 0.05) is 19.5 Å². The molecular weight excluding hydrogens is 352 g/mol. The van der Waals surface area contributed by atoms with Crippen LogP contribution in [0.1, 0.15) is 30.9 Å². The van der Waals surface area contributed by atoms with Crippen molar-refractivity contribution in [1.29, 1.82) is 0 Å². The van der Waals surface area contributed by atoms with E-state index in [0.717, 1.165) is 11.1 Å². The number of rotatable bonds is 5. The van der Waals surface area contributed by atoms with Crippen LogP contribution in [0.5, 0.6) is 0 Å². The highest BCUT2D eigenvalue weighted by Gasteiger charge is 2.56. The Kier molecular flexibility index (Phi) is 4.64. The van der Waals surface area contributed by atoms with Gasteiger partial charge in [-0.2, -0.15) is 4.99 Å². The molecule has 9 nitrogen and oxygen atoms in total. The number of aliphatic hydroxyl groups is 1. The molecule has 144 valence electrons. The summed E-state index contributed by atoms with van der Waals surface area (Å²) in [7, 11) is 0. The van der Waals surface area contributed by atoms with Gasteiger partial charge < -0.3 is 20.0 Å². The molecule has 2 heterocycles. The molecule has 0 aliphatic carbocycles. The Morgan fingerprint density at radius 1 is 1.22 bits per heavy atom. The SMILES string of the molecule is CCN1c2cc(C)c(C)cc2N(CCCC(=O)O)C2=NC(=O)NC(=O)[C@]21O. The molecule has 9 heteroatoms. The van der Waals surface area contributed by atoms with Crippen molar-refractivity contribution < 1.29 is 24.6 Å². The van der Waals surface area contributed by atoms with Crippen LogP contribution in [0.2, 0.25) is 0 Å². The number of carboxylic acids is 1. The molecule has 2 aliphatic heterocycles. The highest BCUT2D eigenvalue weighted by atomic mass is 16.4. The number of urea groups is 1. The first-order valence-corrected chi connectivity index (χ1v) is 8.75. The zero-order valence-electron chi connectivity index (χ0n) is 15.4. The number of aliphatic carboxylic acids is 1. The summed E-state index contributed by atoms with van der Waals surface area (Å²) in [6.45, 7) is 6.15. The summed E-state index contributed by atoms with van der Waals surface area (Å²) in [4.78, 5) is 42.3. The van der Waals surface area contributed by atoms with E-state index < -0.39 is 23.6 Å². The number of amides is 3. The number of benzene rings is 1. The number of aliphatic imine (C=N–C) groups is 1. The Hall–Kier alpha value is -2.94. The molecule has 1 atom stereocenters. The molecule has 3 amide bonds. The fourth-order valence-corrected chi connectivity index (χ4v) is 3.50. The molecule has 0 bridgehead atoms. The minimum atomic E-state index is -2.14. The van der Waals surface area contributed by atoms with Gasteiger partial charge in [0.2, 0.25) is 0 Å². The van der Waals surface area contributed by atoms with Gasteiger partial charge in [0.15, 0.2) is 5.84 Å². The van der Waals surface area contributed by atoms with Crippen molar-refractivity contribution in [1.82, 2.24) is 5.32 Å². The van der Waals surface area contributed by atoms with Crippen molar-refractivity contribution in [2.45, 2.75) is 39.3 Å². The molecule has 0 spiro atoms. The number of carbonyl (C=O) groups excluding carboxylic acids is 2. The average Bonchev–Trinajstić information content (AvgIpc) is 2.58. The Bertz CT molecular complexity index is 866. The number of fused-ring (bicyclic) bond motifs is 2. The van der Waals surface area contributed by atoms with Crippen LogP contribution in [0.25, 0.3) is 0 Å². The van der Waals surface area contributed by atoms with Crippen LogP contribution in [0.15, 0.2) is 17.1 Å². The number of aryl methyl sites for hydroxylation is 2. The molecule has 0 unspecified atom stereocenters. The first-order chi connectivity index (χ1) is 12.7. The second-order valence-corrected chi connectivity index (χ2v) is 6.69. The van der Waals surface area contributed by atoms with E-state index in [1.165, 1.54) is 4.90 Å². The Morgan fingerprint density at radius 2 is 1.85 bits per heavy atom. The maximum atomic E-state index is 12.6. The fraction of sp³-hybridized carbons (Fsp3) is 0.444. The predicted octanol–water partition coefficient (Wildman–Crippen LogP) is 1.15. The zero-order valence-corrected chi connectivity index (χ0v) is 15.4. The van der Waals surface area contributed by atoms with Crippen LogP contribution in [0.3, 0.4) is 0 Å². The third kappa shape index (κ3) is 2.93.